The van der Waals surface area contributed by atoms with Crippen LogP contribution in [0.3, 0.4) is 0 Å². The molecule has 0 saturated heterocycles. The van der Waals surface area contributed by atoms with Crippen LogP contribution in [0.15, 0.2) is 116 Å². The third kappa shape index (κ3) is 9.24. The van der Waals surface area contributed by atoms with Gasteiger partial charge >= 0.3 is 0 Å². The van der Waals surface area contributed by atoms with E-state index in [1.165, 1.54) is 31.3 Å². The van der Waals surface area contributed by atoms with Crippen LogP contribution in [0, 0.1) is 23.5 Å². The predicted molar refractivity (Wildman–Crippen MR) is 225 cm³/mol. The van der Waals surface area contributed by atoms with Crippen LogP contribution in [0.1, 0.15) is 62.7 Å². The molecule has 4 aromatic carbocycles. The summed E-state index contributed by atoms with van der Waals surface area (Å²) in [5.74, 6) is -0.445. The summed E-state index contributed by atoms with van der Waals surface area (Å²) < 4.78 is 28.8. The Kier molecular flexibility index (Phi) is 11.2. The molecule has 0 saturated carbocycles. The van der Waals surface area contributed by atoms with Crippen LogP contribution in [0.5, 0.6) is 0 Å². The van der Waals surface area contributed by atoms with Crippen LogP contribution in [0.25, 0.3) is 53.8 Å². The zero-order valence-corrected chi connectivity index (χ0v) is 35.9. The van der Waals surface area contributed by atoms with E-state index in [9.17, 15) is 0 Å². The largest absolute Gasteiger partial charge is 0.305 e. The van der Waals surface area contributed by atoms with E-state index in [4.69, 9.17) is 4.11 Å². The summed E-state index contributed by atoms with van der Waals surface area (Å²) in [6.07, 6.45) is 2.30. The summed E-state index contributed by atoms with van der Waals surface area (Å²) in [4.78, 5) is 9.27. The second kappa shape index (κ2) is 16.5. The fourth-order valence-electron chi connectivity index (χ4n) is 6.15. The van der Waals surface area contributed by atoms with Crippen molar-refractivity contribution in [1.82, 2.24) is 9.97 Å². The molecule has 1 unspecified atom stereocenters. The molecule has 5 heteroatoms. The normalized spacial score (nSPS) is 14.1. The van der Waals surface area contributed by atoms with Gasteiger partial charge in [0.25, 0.3) is 0 Å². The van der Waals surface area contributed by atoms with Crippen molar-refractivity contribution in [1.29, 1.82) is 0 Å². The van der Waals surface area contributed by atoms with Crippen LogP contribution in [-0.2, 0) is 26.5 Å². The van der Waals surface area contributed by atoms with Crippen molar-refractivity contribution in [3.05, 3.63) is 139 Å². The fraction of sp³-hybridized carbons (Fsp3) is 0.277. The van der Waals surface area contributed by atoms with Gasteiger partial charge in [-0.15, -0.1) is 59.7 Å². The Morgan fingerprint density at radius 1 is 0.788 bits per heavy atom. The minimum absolute atomic E-state index is 0. The number of benzene rings is 4. The van der Waals surface area contributed by atoms with E-state index in [-0.39, 0.29) is 26.0 Å². The van der Waals surface area contributed by atoms with Crippen molar-refractivity contribution in [3.63, 3.8) is 0 Å². The molecule has 269 valence electrons. The van der Waals surface area contributed by atoms with E-state index < -0.39 is 25.8 Å². The minimum atomic E-state index is -1.70. The summed E-state index contributed by atoms with van der Waals surface area (Å²) in [5.41, 5.74) is 7.34. The van der Waals surface area contributed by atoms with Crippen LogP contribution < -0.4 is 5.19 Å². The van der Waals surface area contributed by atoms with Crippen LogP contribution in [0.4, 0.5) is 0 Å². The number of aromatic nitrogens is 2. The van der Waals surface area contributed by atoms with Crippen LogP contribution >= 0.6 is 11.3 Å². The third-order valence-electron chi connectivity index (χ3n) is 9.08. The first-order chi connectivity index (χ1) is 25.4. The van der Waals surface area contributed by atoms with E-state index >= 15 is 0 Å². The van der Waals surface area contributed by atoms with Gasteiger partial charge in [0.1, 0.15) is 0 Å². The quantitative estimate of drug-likeness (QED) is 0.118. The van der Waals surface area contributed by atoms with E-state index in [1.54, 1.807) is 11.3 Å². The molecule has 7 aromatic rings. The zero-order chi connectivity index (χ0) is 39.1. The van der Waals surface area contributed by atoms with Crippen molar-refractivity contribution in [2.24, 2.45) is 11.3 Å². The number of nitrogens with zero attached hydrogens (tertiary/aromatic N) is 2. The summed E-state index contributed by atoms with van der Waals surface area (Å²) in [7, 11) is -1.70. The molecule has 0 aliphatic carbocycles. The molecule has 7 rings (SSSR count). The van der Waals surface area contributed by atoms with Gasteiger partial charge in [-0.2, -0.15) is 11.3 Å². The number of pyridine rings is 2. The molecule has 0 fully saturated rings. The molecule has 0 N–H and O–H groups in total. The average molecular weight is 898 g/mol. The van der Waals surface area contributed by atoms with Gasteiger partial charge in [0.15, 0.2) is 0 Å². The monoisotopic (exact) mass is 898 g/mol. The Morgan fingerprint density at radius 2 is 1.54 bits per heavy atom. The van der Waals surface area contributed by atoms with Gasteiger partial charge in [0.2, 0.25) is 0 Å². The second-order valence-corrected chi connectivity index (χ2v) is 21.6. The van der Waals surface area contributed by atoms with Crippen molar-refractivity contribution in [2.75, 3.05) is 0 Å². The molecule has 1 atom stereocenters. The predicted octanol–water partition coefficient (Wildman–Crippen LogP) is 13.0. The molecule has 0 aliphatic heterocycles. The maximum Gasteiger partial charge on any atom is 0.0798 e. The molecule has 0 aliphatic rings. The maximum atomic E-state index is 8.80. The summed E-state index contributed by atoms with van der Waals surface area (Å²) in [6.45, 7) is 18.7. The first-order valence-electron chi connectivity index (χ1n) is 19.3. The van der Waals surface area contributed by atoms with Gasteiger partial charge in [-0.25, -0.2) is 0 Å². The van der Waals surface area contributed by atoms with Gasteiger partial charge in [-0.1, -0.05) is 132 Å². The molecule has 0 amide bonds. The van der Waals surface area contributed by atoms with E-state index in [1.807, 2.05) is 88.6 Å². The first kappa shape index (κ1) is 35.3. The summed E-state index contributed by atoms with van der Waals surface area (Å²) in [5, 5.41) is 3.59. The molecular weight excluding hydrogens is 845 g/mol. The smallest absolute Gasteiger partial charge is 0.0798 e. The minimum Gasteiger partial charge on any atom is -0.305 e. The topological polar surface area (TPSA) is 25.8 Å². The van der Waals surface area contributed by atoms with Crippen molar-refractivity contribution in [3.8, 4) is 33.6 Å². The molecule has 0 spiro atoms. The number of fused-ring (bicyclic) bond motifs is 3. The van der Waals surface area contributed by atoms with Crippen LogP contribution in [0.2, 0.25) is 19.6 Å². The summed E-state index contributed by atoms with van der Waals surface area (Å²) >= 11 is 1.79. The Balaban J connectivity index is 0.000000217. The summed E-state index contributed by atoms with van der Waals surface area (Å²) in [6, 6.07) is 41.6. The third-order valence-corrected chi connectivity index (χ3v) is 12.3. The Morgan fingerprint density at radius 3 is 2.21 bits per heavy atom. The second-order valence-electron chi connectivity index (χ2n) is 15.6. The van der Waals surface area contributed by atoms with E-state index in [0.29, 0.717) is 0 Å². The standard InChI is InChI=1S/C28H24NS.C19H26NSi.Ir/c1-18(2)19(3)21-14-15-29-26(16-21)25-11-7-10-24-23-13-12-22(17-27(23)30-28(24)25)20-8-5-4-6-9-20;1-19(2,3)13-16-12-17(15-10-8-7-9-11-15)20-14-18(16)21(4,5)6;/h4-10,12-19H,1-3H3;7-10,12,14H,13H2,1-6H3;/q2*-1;/i19D;13D2;. The SMILES string of the molecule is [2H]C(C)(c1ccnc(-c2[c-]ccc3c2sc2cc(-c4ccccc4)ccc23)c1)C(C)C.[2H]C([2H])(c1cc(-c2[c-]cccc2)ncc1[Si](C)(C)C)C(C)(C)C.[Ir]. The number of hydrogen-bond donors (Lipinski definition) is 0. The molecule has 0 bridgehead atoms. The van der Waals surface area contributed by atoms with Crippen molar-refractivity contribution < 1.29 is 24.2 Å². The number of thiophene rings is 1. The van der Waals surface area contributed by atoms with Crippen molar-refractivity contribution in [2.45, 2.75) is 73.5 Å². The van der Waals surface area contributed by atoms with Gasteiger partial charge in [-0.3, -0.25) is 0 Å². The Hall–Kier alpha value is -3.73. The maximum absolute atomic E-state index is 8.80. The van der Waals surface area contributed by atoms with Gasteiger partial charge in [0.05, 0.1) is 8.07 Å². The molecule has 52 heavy (non-hydrogen) atoms. The first-order valence-corrected chi connectivity index (χ1v) is 22.1. The van der Waals surface area contributed by atoms with Gasteiger partial charge < -0.3 is 9.97 Å². The molecule has 3 heterocycles. The zero-order valence-electron chi connectivity index (χ0n) is 34.7. The molecular formula is C47H50IrN2SSi-2. The molecule has 3 aromatic heterocycles. The molecule has 1 radical (unpaired) electrons. The fourth-order valence-corrected chi connectivity index (χ4v) is 8.79. The van der Waals surface area contributed by atoms with E-state index in [2.05, 4.69) is 110 Å². The van der Waals surface area contributed by atoms with Gasteiger partial charge in [-0.05, 0) is 73.5 Å². The Labute approximate surface area is 334 Å². The molecule has 2 nitrogen and oxygen atoms in total. The van der Waals surface area contributed by atoms with E-state index in [0.717, 1.165) is 38.8 Å². The van der Waals surface area contributed by atoms with Crippen molar-refractivity contribution >= 4 is 44.8 Å². The number of hydrogen-bond acceptors (Lipinski definition) is 3. The van der Waals surface area contributed by atoms with Gasteiger partial charge in [0, 0.05) is 41.3 Å². The Bertz CT molecular complexity index is 2400. The van der Waals surface area contributed by atoms with Crippen LogP contribution in [-0.4, -0.2) is 18.0 Å². The number of rotatable bonds is 7. The average Bonchev–Trinajstić information content (AvgIpc) is 3.53.